The van der Waals surface area contributed by atoms with Crippen LogP contribution in [0.2, 0.25) is 0 Å². The summed E-state index contributed by atoms with van der Waals surface area (Å²) in [4.78, 5) is 7.05. The van der Waals surface area contributed by atoms with Gasteiger partial charge < -0.3 is 4.90 Å². The quantitative estimate of drug-likeness (QED) is 0.668. The minimum atomic E-state index is 0.728. The second-order valence-corrected chi connectivity index (χ2v) is 5.12. The lowest BCUT2D eigenvalue weighted by Crippen LogP contribution is -2.25. The Morgan fingerprint density at radius 2 is 2.06 bits per heavy atom. The number of hydrogen-bond acceptors (Lipinski definition) is 3. The molecule has 0 unspecified atom stereocenters. The third-order valence-electron chi connectivity index (χ3n) is 2.70. The highest BCUT2D eigenvalue weighted by Gasteiger charge is 2.04. The second kappa shape index (κ2) is 8.04. The molecule has 16 heavy (non-hydrogen) atoms. The number of likely N-dealkylation sites (N-methyl/N-ethyl adjacent to an activating group) is 1. The molecule has 0 aliphatic carbocycles. The molecule has 1 aromatic rings. The zero-order valence-corrected chi connectivity index (χ0v) is 11.8. The third kappa shape index (κ3) is 4.81. The Labute approximate surface area is 108 Å². The van der Waals surface area contributed by atoms with Gasteiger partial charge in [-0.25, -0.2) is 4.98 Å². The van der Waals surface area contributed by atoms with Gasteiger partial charge in [-0.3, -0.25) is 0 Å². The highest BCUT2D eigenvalue weighted by Crippen LogP contribution is 2.12. The maximum absolute atomic E-state index is 5.67. The van der Waals surface area contributed by atoms with Crippen molar-refractivity contribution in [1.29, 1.82) is 0 Å². The molecule has 0 atom stereocenters. The standard InChI is InChI=1S/C12H21ClN2S/c1-3-15(4-2)9-7-12-14-11(10-16-12)6-5-8-13/h10H,3-9H2,1-2H3. The number of alkyl halides is 1. The first-order valence-electron chi connectivity index (χ1n) is 6.01. The van der Waals surface area contributed by atoms with Crippen molar-refractivity contribution in [3.63, 3.8) is 0 Å². The van der Waals surface area contributed by atoms with Crippen molar-refractivity contribution < 1.29 is 0 Å². The number of rotatable bonds is 8. The molecule has 1 heterocycles. The molecule has 0 radical (unpaired) electrons. The van der Waals surface area contributed by atoms with Gasteiger partial charge in [-0.2, -0.15) is 0 Å². The lowest BCUT2D eigenvalue weighted by Gasteiger charge is -2.16. The molecule has 0 aliphatic rings. The molecule has 0 saturated heterocycles. The molecular formula is C12H21ClN2S. The number of thiazole rings is 1. The number of nitrogens with zero attached hydrogens (tertiary/aromatic N) is 2. The van der Waals surface area contributed by atoms with Crippen molar-refractivity contribution in [2.24, 2.45) is 0 Å². The molecule has 0 aromatic carbocycles. The van der Waals surface area contributed by atoms with E-state index in [0.29, 0.717) is 0 Å². The summed E-state index contributed by atoms with van der Waals surface area (Å²) < 4.78 is 0. The van der Waals surface area contributed by atoms with Gasteiger partial charge in [-0.15, -0.1) is 22.9 Å². The predicted molar refractivity (Wildman–Crippen MR) is 72.6 cm³/mol. The Morgan fingerprint density at radius 3 is 2.69 bits per heavy atom. The number of halogens is 1. The second-order valence-electron chi connectivity index (χ2n) is 3.80. The van der Waals surface area contributed by atoms with Crippen molar-refractivity contribution in [3.05, 3.63) is 16.1 Å². The average Bonchev–Trinajstić information content (AvgIpc) is 2.76. The first-order chi connectivity index (χ1) is 7.80. The van der Waals surface area contributed by atoms with Crippen LogP contribution in [0.3, 0.4) is 0 Å². The average molecular weight is 261 g/mol. The van der Waals surface area contributed by atoms with Crippen molar-refractivity contribution >= 4 is 22.9 Å². The Hall–Kier alpha value is -0.120. The summed E-state index contributed by atoms with van der Waals surface area (Å²) in [6, 6.07) is 0. The minimum Gasteiger partial charge on any atom is -0.303 e. The van der Waals surface area contributed by atoms with Crippen molar-refractivity contribution in [2.75, 3.05) is 25.5 Å². The topological polar surface area (TPSA) is 16.1 Å². The van der Waals surface area contributed by atoms with Gasteiger partial charge in [-0.1, -0.05) is 13.8 Å². The monoisotopic (exact) mass is 260 g/mol. The molecule has 0 bridgehead atoms. The Kier molecular flexibility index (Phi) is 7.01. The van der Waals surface area contributed by atoms with E-state index < -0.39 is 0 Å². The van der Waals surface area contributed by atoms with E-state index in [4.69, 9.17) is 11.6 Å². The molecule has 4 heteroatoms. The number of aryl methyl sites for hydroxylation is 1. The van der Waals surface area contributed by atoms with Crippen LogP contribution in [0.15, 0.2) is 5.38 Å². The first-order valence-corrected chi connectivity index (χ1v) is 7.43. The molecule has 0 amide bonds. The maximum Gasteiger partial charge on any atom is 0.0941 e. The molecule has 1 aromatic heterocycles. The van der Waals surface area contributed by atoms with Gasteiger partial charge in [0, 0.05) is 24.2 Å². The van der Waals surface area contributed by atoms with Crippen LogP contribution in [0.5, 0.6) is 0 Å². The summed E-state index contributed by atoms with van der Waals surface area (Å²) >= 11 is 7.45. The van der Waals surface area contributed by atoms with Crippen LogP contribution in [0.25, 0.3) is 0 Å². The Morgan fingerprint density at radius 1 is 1.31 bits per heavy atom. The van der Waals surface area contributed by atoms with Gasteiger partial charge in [0.2, 0.25) is 0 Å². The number of aromatic nitrogens is 1. The maximum atomic E-state index is 5.67. The van der Waals surface area contributed by atoms with Gasteiger partial charge >= 0.3 is 0 Å². The predicted octanol–water partition coefficient (Wildman–Crippen LogP) is 3.20. The third-order valence-corrected chi connectivity index (χ3v) is 3.93. The zero-order chi connectivity index (χ0) is 11.8. The van der Waals surface area contributed by atoms with E-state index in [2.05, 4.69) is 29.1 Å². The van der Waals surface area contributed by atoms with Crippen LogP contribution in [-0.2, 0) is 12.8 Å². The van der Waals surface area contributed by atoms with E-state index in [1.54, 1.807) is 11.3 Å². The van der Waals surface area contributed by atoms with E-state index in [9.17, 15) is 0 Å². The normalized spacial score (nSPS) is 11.2. The fraction of sp³-hybridized carbons (Fsp3) is 0.750. The van der Waals surface area contributed by atoms with Crippen LogP contribution >= 0.6 is 22.9 Å². The molecule has 92 valence electrons. The smallest absolute Gasteiger partial charge is 0.0941 e. The summed E-state index contributed by atoms with van der Waals surface area (Å²) in [5.41, 5.74) is 1.21. The van der Waals surface area contributed by atoms with Gasteiger partial charge in [0.05, 0.1) is 10.7 Å². The van der Waals surface area contributed by atoms with Crippen LogP contribution in [0, 0.1) is 0 Å². The Bertz CT molecular complexity index is 284. The fourth-order valence-electron chi connectivity index (χ4n) is 1.62. The largest absolute Gasteiger partial charge is 0.303 e. The first kappa shape index (κ1) is 13.9. The molecule has 0 fully saturated rings. The van der Waals surface area contributed by atoms with Gasteiger partial charge in [0.25, 0.3) is 0 Å². The van der Waals surface area contributed by atoms with Crippen molar-refractivity contribution in [1.82, 2.24) is 9.88 Å². The van der Waals surface area contributed by atoms with E-state index >= 15 is 0 Å². The SMILES string of the molecule is CCN(CC)CCc1nc(CCCCl)cs1. The van der Waals surface area contributed by atoms with Crippen LogP contribution in [0.1, 0.15) is 31.0 Å². The van der Waals surface area contributed by atoms with Crippen LogP contribution in [-0.4, -0.2) is 35.4 Å². The zero-order valence-electron chi connectivity index (χ0n) is 10.2. The van der Waals surface area contributed by atoms with Gasteiger partial charge in [0.15, 0.2) is 0 Å². The summed E-state index contributed by atoms with van der Waals surface area (Å²) in [6.07, 6.45) is 3.12. The number of hydrogen-bond donors (Lipinski definition) is 0. The molecule has 0 saturated carbocycles. The summed E-state index contributed by atoms with van der Waals surface area (Å²) in [7, 11) is 0. The van der Waals surface area contributed by atoms with Crippen molar-refractivity contribution in [2.45, 2.75) is 33.1 Å². The van der Waals surface area contributed by atoms with Crippen LogP contribution < -0.4 is 0 Å². The fourth-order valence-corrected chi connectivity index (χ4v) is 2.58. The van der Waals surface area contributed by atoms with Gasteiger partial charge in [-0.05, 0) is 25.9 Å². The molecular weight excluding hydrogens is 240 g/mol. The van der Waals surface area contributed by atoms with E-state index in [0.717, 1.165) is 44.8 Å². The summed E-state index contributed by atoms with van der Waals surface area (Å²) in [6.45, 7) is 7.78. The van der Waals surface area contributed by atoms with E-state index in [-0.39, 0.29) is 0 Å². The lowest BCUT2D eigenvalue weighted by atomic mass is 10.3. The summed E-state index contributed by atoms with van der Waals surface area (Å²) in [5, 5.41) is 3.43. The van der Waals surface area contributed by atoms with Crippen LogP contribution in [0.4, 0.5) is 0 Å². The van der Waals surface area contributed by atoms with E-state index in [1.807, 2.05) is 0 Å². The van der Waals surface area contributed by atoms with Gasteiger partial charge in [0.1, 0.15) is 0 Å². The molecule has 2 nitrogen and oxygen atoms in total. The molecule has 0 aliphatic heterocycles. The minimum absolute atomic E-state index is 0.728. The molecule has 0 spiro atoms. The summed E-state index contributed by atoms with van der Waals surface area (Å²) in [5.74, 6) is 0.728. The van der Waals surface area contributed by atoms with Crippen molar-refractivity contribution in [3.8, 4) is 0 Å². The molecule has 0 N–H and O–H groups in total. The molecule has 1 rings (SSSR count). The lowest BCUT2D eigenvalue weighted by molar-refractivity contribution is 0.308. The highest BCUT2D eigenvalue weighted by atomic mass is 35.5. The highest BCUT2D eigenvalue weighted by molar-refractivity contribution is 7.09. The van der Waals surface area contributed by atoms with E-state index in [1.165, 1.54) is 10.7 Å². The Balaban J connectivity index is 2.33.